The number of nitrogens with zero attached hydrogens (tertiary/aromatic N) is 4. The fourth-order valence-electron chi connectivity index (χ4n) is 3.58. The van der Waals surface area contributed by atoms with Gasteiger partial charge in [-0.1, -0.05) is 6.07 Å². The lowest BCUT2D eigenvalue weighted by Gasteiger charge is -2.07. The second-order valence-corrected chi connectivity index (χ2v) is 7.50. The topological polar surface area (TPSA) is 80.5 Å². The van der Waals surface area contributed by atoms with Crippen molar-refractivity contribution in [3.63, 3.8) is 0 Å². The van der Waals surface area contributed by atoms with Crippen molar-refractivity contribution in [2.24, 2.45) is 7.05 Å². The normalized spacial score (nSPS) is 11.8. The van der Waals surface area contributed by atoms with E-state index in [4.69, 9.17) is 0 Å². The molecule has 0 fully saturated rings. The zero-order chi connectivity index (χ0) is 23.2. The van der Waals surface area contributed by atoms with Crippen LogP contribution in [0.2, 0.25) is 0 Å². The molecule has 7 nitrogen and oxygen atoms in total. The number of amides is 1. The number of carbonyl (C=O) groups excluding carboxylic acids is 1. The lowest BCUT2D eigenvalue weighted by atomic mass is 10.1. The molecule has 3 heterocycles. The molecular weight excluding hydrogens is 433 g/mol. The summed E-state index contributed by atoms with van der Waals surface area (Å²) in [6.45, 7) is 0. The molecule has 0 aliphatic rings. The number of carbonyl (C=O) groups is 1. The van der Waals surface area contributed by atoms with E-state index in [0.29, 0.717) is 17.2 Å². The first-order valence-electron chi connectivity index (χ1n) is 9.92. The quantitative estimate of drug-likeness (QED) is 0.403. The van der Waals surface area contributed by atoms with Crippen molar-refractivity contribution in [3.05, 3.63) is 84.8 Å². The van der Waals surface area contributed by atoms with E-state index in [1.807, 2.05) is 18.2 Å². The molecule has 2 N–H and O–H groups in total. The third-order valence-electron chi connectivity index (χ3n) is 5.33. The highest BCUT2D eigenvalue weighted by Gasteiger charge is 2.30. The Hall–Kier alpha value is -4.34. The lowest BCUT2D eigenvalue weighted by molar-refractivity contribution is -0.137. The minimum atomic E-state index is -4.39. The number of H-pyrrole nitrogens is 1. The number of rotatable bonds is 4. The minimum Gasteiger partial charge on any atom is -0.359 e. The minimum absolute atomic E-state index is 0.290. The SMILES string of the molecule is Cn1ccnc1C(=O)Nc1c[nH]c2ccc(-c3cnn(-c4ccc(C(F)(F)F)cc4)c3)cc12. The number of nitrogens with one attached hydrogen (secondary N) is 2. The number of hydrogen-bond acceptors (Lipinski definition) is 3. The molecule has 3 aromatic heterocycles. The number of benzene rings is 2. The van der Waals surface area contributed by atoms with Gasteiger partial charge in [0, 0.05) is 48.3 Å². The van der Waals surface area contributed by atoms with Crippen LogP contribution in [0.15, 0.2) is 73.4 Å². The predicted molar refractivity (Wildman–Crippen MR) is 117 cm³/mol. The zero-order valence-corrected chi connectivity index (χ0v) is 17.3. The number of aryl methyl sites for hydroxylation is 1. The van der Waals surface area contributed by atoms with Crippen LogP contribution in [0.4, 0.5) is 18.9 Å². The van der Waals surface area contributed by atoms with Crippen LogP contribution in [0.1, 0.15) is 16.2 Å². The Morgan fingerprint density at radius 2 is 1.88 bits per heavy atom. The van der Waals surface area contributed by atoms with Gasteiger partial charge in [-0.25, -0.2) is 9.67 Å². The van der Waals surface area contributed by atoms with Crippen LogP contribution in [0.3, 0.4) is 0 Å². The van der Waals surface area contributed by atoms with Gasteiger partial charge in [-0.05, 0) is 42.0 Å². The molecule has 0 radical (unpaired) electrons. The van der Waals surface area contributed by atoms with E-state index in [9.17, 15) is 18.0 Å². The average Bonchev–Trinajstić information content (AvgIpc) is 3.53. The molecule has 166 valence electrons. The van der Waals surface area contributed by atoms with Gasteiger partial charge in [0.15, 0.2) is 5.82 Å². The Kier molecular flexibility index (Phi) is 4.77. The number of hydrogen-bond donors (Lipinski definition) is 2. The maximum Gasteiger partial charge on any atom is 0.416 e. The summed E-state index contributed by atoms with van der Waals surface area (Å²) in [4.78, 5) is 19.7. The molecule has 0 unspecified atom stereocenters. The first-order valence-corrected chi connectivity index (χ1v) is 9.92. The Morgan fingerprint density at radius 3 is 2.58 bits per heavy atom. The maximum absolute atomic E-state index is 12.8. The van der Waals surface area contributed by atoms with E-state index >= 15 is 0 Å². The van der Waals surface area contributed by atoms with Crippen LogP contribution in [0, 0.1) is 0 Å². The van der Waals surface area contributed by atoms with E-state index in [1.54, 1.807) is 42.6 Å². The fraction of sp³-hybridized carbons (Fsp3) is 0.0870. The molecular formula is C23H17F3N6O. The molecule has 0 atom stereocenters. The van der Waals surface area contributed by atoms with Gasteiger partial charge in [-0.2, -0.15) is 18.3 Å². The predicted octanol–water partition coefficient (Wildman–Crippen LogP) is 5.03. The summed E-state index contributed by atoms with van der Waals surface area (Å²) < 4.78 is 41.6. The van der Waals surface area contributed by atoms with E-state index in [0.717, 1.165) is 34.2 Å². The Bertz CT molecular complexity index is 1460. The zero-order valence-electron chi connectivity index (χ0n) is 17.3. The van der Waals surface area contributed by atoms with Crippen LogP contribution < -0.4 is 5.32 Å². The van der Waals surface area contributed by atoms with E-state index in [2.05, 4.69) is 20.4 Å². The fourth-order valence-corrected chi connectivity index (χ4v) is 3.58. The van der Waals surface area contributed by atoms with Crippen molar-refractivity contribution in [3.8, 4) is 16.8 Å². The first-order chi connectivity index (χ1) is 15.8. The summed E-state index contributed by atoms with van der Waals surface area (Å²) in [6.07, 6.45) is 3.94. The third kappa shape index (κ3) is 3.86. The van der Waals surface area contributed by atoms with Gasteiger partial charge in [-0.3, -0.25) is 4.79 Å². The molecule has 0 saturated carbocycles. The van der Waals surface area contributed by atoms with E-state index < -0.39 is 11.7 Å². The van der Waals surface area contributed by atoms with Crippen molar-refractivity contribution < 1.29 is 18.0 Å². The molecule has 10 heteroatoms. The van der Waals surface area contributed by atoms with Crippen LogP contribution in [-0.2, 0) is 13.2 Å². The molecule has 0 aliphatic carbocycles. The first kappa shape index (κ1) is 20.6. The molecule has 0 bridgehead atoms. The van der Waals surface area contributed by atoms with Crippen LogP contribution in [-0.4, -0.2) is 30.2 Å². The highest BCUT2D eigenvalue weighted by Crippen LogP contribution is 2.31. The average molecular weight is 450 g/mol. The van der Waals surface area contributed by atoms with E-state index in [-0.39, 0.29) is 5.91 Å². The van der Waals surface area contributed by atoms with Gasteiger partial charge in [-0.15, -0.1) is 0 Å². The third-order valence-corrected chi connectivity index (χ3v) is 5.33. The molecule has 33 heavy (non-hydrogen) atoms. The highest BCUT2D eigenvalue weighted by molar-refractivity contribution is 6.08. The number of imidazole rings is 1. The van der Waals surface area contributed by atoms with Crippen molar-refractivity contribution in [2.45, 2.75) is 6.18 Å². The summed E-state index contributed by atoms with van der Waals surface area (Å²) in [6, 6.07) is 10.5. The van der Waals surface area contributed by atoms with Crippen LogP contribution in [0.5, 0.6) is 0 Å². The Morgan fingerprint density at radius 1 is 1.09 bits per heavy atom. The standard InChI is InChI=1S/C23H17F3N6O/c1-31-9-8-27-21(31)22(33)30-20-12-28-19-7-2-14(10-18(19)20)15-11-29-32(13-15)17-5-3-16(4-6-17)23(24,25)26/h2-13,28H,1H3,(H,30,33). The van der Waals surface area contributed by atoms with Crippen molar-refractivity contribution >= 4 is 22.5 Å². The smallest absolute Gasteiger partial charge is 0.359 e. The Balaban J connectivity index is 1.43. The molecule has 0 saturated heterocycles. The van der Waals surface area contributed by atoms with Gasteiger partial charge < -0.3 is 14.9 Å². The summed E-state index contributed by atoms with van der Waals surface area (Å²) in [7, 11) is 1.74. The van der Waals surface area contributed by atoms with Crippen LogP contribution in [0.25, 0.3) is 27.7 Å². The second-order valence-electron chi connectivity index (χ2n) is 7.50. The molecule has 5 aromatic rings. The number of alkyl halides is 3. The number of aromatic amines is 1. The van der Waals surface area contributed by atoms with Gasteiger partial charge in [0.1, 0.15) is 0 Å². The number of anilines is 1. The highest BCUT2D eigenvalue weighted by atomic mass is 19.4. The number of halogens is 3. The maximum atomic E-state index is 12.8. The summed E-state index contributed by atoms with van der Waals surface area (Å²) >= 11 is 0. The molecule has 5 rings (SSSR count). The van der Waals surface area contributed by atoms with Crippen molar-refractivity contribution in [1.82, 2.24) is 24.3 Å². The summed E-state index contributed by atoms with van der Waals surface area (Å²) in [5.74, 6) is -0.0396. The number of fused-ring (bicyclic) bond motifs is 1. The van der Waals surface area contributed by atoms with Crippen molar-refractivity contribution in [2.75, 3.05) is 5.32 Å². The lowest BCUT2D eigenvalue weighted by Crippen LogP contribution is -2.16. The van der Waals surface area contributed by atoms with Crippen LogP contribution >= 0.6 is 0 Å². The Labute approximate surface area is 185 Å². The monoisotopic (exact) mass is 450 g/mol. The van der Waals surface area contributed by atoms with Crippen molar-refractivity contribution in [1.29, 1.82) is 0 Å². The molecule has 1 amide bonds. The van der Waals surface area contributed by atoms with Gasteiger partial charge in [0.2, 0.25) is 0 Å². The van der Waals surface area contributed by atoms with Gasteiger partial charge in [0.05, 0.1) is 23.1 Å². The van der Waals surface area contributed by atoms with Gasteiger partial charge in [0.25, 0.3) is 5.91 Å². The van der Waals surface area contributed by atoms with Gasteiger partial charge >= 0.3 is 6.18 Å². The largest absolute Gasteiger partial charge is 0.416 e. The number of aromatic nitrogens is 5. The molecule has 2 aromatic carbocycles. The molecule has 0 spiro atoms. The molecule has 0 aliphatic heterocycles. The summed E-state index contributed by atoms with van der Waals surface area (Å²) in [5, 5.41) is 7.96. The second kappa shape index (κ2) is 7.66. The van der Waals surface area contributed by atoms with E-state index in [1.165, 1.54) is 16.8 Å². The summed E-state index contributed by atoms with van der Waals surface area (Å²) in [5.41, 5.74) is 2.86.